The first kappa shape index (κ1) is 21.6. The summed E-state index contributed by atoms with van der Waals surface area (Å²) in [6, 6.07) is 11.1. The predicted octanol–water partition coefficient (Wildman–Crippen LogP) is 2.16. The average molecular weight is 426 g/mol. The highest BCUT2D eigenvalue weighted by Crippen LogP contribution is 2.26. The third-order valence-electron chi connectivity index (χ3n) is 4.80. The third kappa shape index (κ3) is 4.92. The van der Waals surface area contributed by atoms with Crippen LogP contribution in [0.3, 0.4) is 0 Å². The van der Waals surface area contributed by atoms with E-state index in [4.69, 9.17) is 4.74 Å². The summed E-state index contributed by atoms with van der Waals surface area (Å²) in [5.41, 5.74) is 0.875. The lowest BCUT2D eigenvalue weighted by molar-refractivity contribution is -0.384. The Kier molecular flexibility index (Phi) is 6.39. The van der Waals surface area contributed by atoms with Gasteiger partial charge in [-0.3, -0.25) is 24.5 Å². The molecule has 1 saturated heterocycles. The predicted molar refractivity (Wildman–Crippen MR) is 107 cm³/mol. The Morgan fingerprint density at radius 3 is 2.26 bits per heavy atom. The van der Waals surface area contributed by atoms with Crippen LogP contribution in [0.15, 0.2) is 48.5 Å². The van der Waals surface area contributed by atoms with E-state index in [0.29, 0.717) is 11.3 Å². The smallest absolute Gasteiger partial charge is 0.337 e. The van der Waals surface area contributed by atoms with Crippen LogP contribution in [0.1, 0.15) is 27.1 Å². The number of methoxy groups -OCH3 is 1. The summed E-state index contributed by atoms with van der Waals surface area (Å²) in [6.45, 7) is -0.448. The van der Waals surface area contributed by atoms with Crippen LogP contribution in [-0.2, 0) is 19.1 Å². The van der Waals surface area contributed by atoms with Gasteiger partial charge in [0, 0.05) is 36.3 Å². The SMILES string of the molecule is COC(=O)c1ccc(N2CC(C(=O)OCC(=O)c3ccc([N+](=O)[O-])cc3)CC2=O)cc1. The van der Waals surface area contributed by atoms with Gasteiger partial charge in [-0.15, -0.1) is 0 Å². The van der Waals surface area contributed by atoms with E-state index in [1.54, 1.807) is 12.1 Å². The first-order valence-corrected chi connectivity index (χ1v) is 9.23. The summed E-state index contributed by atoms with van der Waals surface area (Å²) in [5, 5.41) is 10.7. The van der Waals surface area contributed by atoms with Crippen LogP contribution < -0.4 is 4.90 Å². The summed E-state index contributed by atoms with van der Waals surface area (Å²) in [6.07, 6.45) is -0.0662. The highest BCUT2D eigenvalue weighted by Gasteiger charge is 2.36. The summed E-state index contributed by atoms with van der Waals surface area (Å²) >= 11 is 0. The van der Waals surface area contributed by atoms with Crippen LogP contribution in [0.2, 0.25) is 0 Å². The van der Waals surface area contributed by atoms with Crippen molar-refractivity contribution in [3.63, 3.8) is 0 Å². The molecule has 0 bridgehead atoms. The summed E-state index contributed by atoms with van der Waals surface area (Å²) < 4.78 is 9.68. The van der Waals surface area contributed by atoms with Crippen molar-refractivity contribution in [2.75, 3.05) is 25.2 Å². The molecule has 2 aromatic carbocycles. The Morgan fingerprint density at radius 1 is 1.06 bits per heavy atom. The number of hydrogen-bond donors (Lipinski definition) is 0. The fourth-order valence-corrected chi connectivity index (χ4v) is 3.12. The number of nitrogens with zero attached hydrogens (tertiary/aromatic N) is 2. The molecule has 0 saturated carbocycles. The lowest BCUT2D eigenvalue weighted by Gasteiger charge is -2.16. The van der Waals surface area contributed by atoms with Crippen LogP contribution in [0.5, 0.6) is 0 Å². The van der Waals surface area contributed by atoms with Crippen molar-refractivity contribution in [1.82, 2.24) is 0 Å². The molecule has 1 aliphatic rings. The monoisotopic (exact) mass is 426 g/mol. The van der Waals surface area contributed by atoms with Crippen LogP contribution in [-0.4, -0.2) is 48.8 Å². The highest BCUT2D eigenvalue weighted by atomic mass is 16.6. The minimum atomic E-state index is -0.738. The molecule has 1 aliphatic heterocycles. The van der Waals surface area contributed by atoms with Gasteiger partial charge >= 0.3 is 11.9 Å². The van der Waals surface area contributed by atoms with Gasteiger partial charge in [0.15, 0.2) is 12.4 Å². The molecule has 1 amide bonds. The highest BCUT2D eigenvalue weighted by molar-refractivity contribution is 6.01. The van der Waals surface area contributed by atoms with E-state index in [1.807, 2.05) is 0 Å². The number of Topliss-reactive ketones (excluding diaryl/α,β-unsaturated/α-hetero) is 1. The van der Waals surface area contributed by atoms with E-state index in [0.717, 1.165) is 0 Å². The first-order valence-electron chi connectivity index (χ1n) is 9.23. The standard InChI is InChI=1S/C21H18N2O8/c1-30-20(26)14-4-6-16(7-5-14)22-11-15(10-19(22)25)21(27)31-12-18(24)13-2-8-17(9-3-13)23(28)29/h2-9,15H,10-12H2,1H3. The Labute approximate surface area is 176 Å². The number of benzene rings is 2. The van der Waals surface area contributed by atoms with Crippen LogP contribution in [0.4, 0.5) is 11.4 Å². The lowest BCUT2D eigenvalue weighted by Crippen LogP contribution is -2.27. The van der Waals surface area contributed by atoms with Gasteiger partial charge < -0.3 is 14.4 Å². The molecule has 3 rings (SSSR count). The van der Waals surface area contributed by atoms with Crippen LogP contribution >= 0.6 is 0 Å². The number of carbonyl (C=O) groups is 4. The van der Waals surface area contributed by atoms with Gasteiger partial charge in [-0.25, -0.2) is 4.79 Å². The van der Waals surface area contributed by atoms with Crippen LogP contribution in [0.25, 0.3) is 0 Å². The molecule has 160 valence electrons. The first-order chi connectivity index (χ1) is 14.8. The summed E-state index contributed by atoms with van der Waals surface area (Å²) in [5.74, 6) is -2.72. The van der Waals surface area contributed by atoms with Gasteiger partial charge in [0.05, 0.1) is 23.5 Å². The number of esters is 2. The van der Waals surface area contributed by atoms with Crippen molar-refractivity contribution in [1.29, 1.82) is 0 Å². The molecule has 1 heterocycles. The fourth-order valence-electron chi connectivity index (χ4n) is 3.12. The number of ether oxygens (including phenoxy) is 2. The molecule has 10 nitrogen and oxygen atoms in total. The van der Waals surface area contributed by atoms with Gasteiger partial charge in [0.1, 0.15) is 0 Å². The van der Waals surface area contributed by atoms with Crippen molar-refractivity contribution in [3.8, 4) is 0 Å². The van der Waals surface area contributed by atoms with E-state index in [1.165, 1.54) is 48.4 Å². The fraction of sp³-hybridized carbons (Fsp3) is 0.238. The maximum Gasteiger partial charge on any atom is 0.337 e. The topological polar surface area (TPSA) is 133 Å². The molecular formula is C21H18N2O8. The molecule has 0 N–H and O–H groups in total. The van der Waals surface area contributed by atoms with Gasteiger partial charge in [-0.1, -0.05) is 0 Å². The normalized spacial score (nSPS) is 15.5. The van der Waals surface area contributed by atoms with Gasteiger partial charge in [-0.05, 0) is 36.4 Å². The number of anilines is 1. The maximum atomic E-state index is 12.3. The second-order valence-electron chi connectivity index (χ2n) is 6.78. The zero-order chi connectivity index (χ0) is 22.5. The lowest BCUT2D eigenvalue weighted by atomic mass is 10.1. The van der Waals surface area contributed by atoms with Crippen molar-refractivity contribution in [2.24, 2.45) is 5.92 Å². The van der Waals surface area contributed by atoms with E-state index in [9.17, 15) is 29.3 Å². The summed E-state index contributed by atoms with van der Waals surface area (Å²) in [4.78, 5) is 59.8. The Bertz CT molecular complexity index is 1030. The zero-order valence-electron chi connectivity index (χ0n) is 16.5. The second kappa shape index (κ2) is 9.16. The number of carbonyl (C=O) groups excluding carboxylic acids is 4. The molecule has 1 unspecified atom stereocenters. The molecule has 0 aromatic heterocycles. The van der Waals surface area contributed by atoms with Gasteiger partial charge in [-0.2, -0.15) is 0 Å². The molecule has 2 aromatic rings. The molecule has 0 aliphatic carbocycles. The largest absolute Gasteiger partial charge is 0.465 e. The Morgan fingerprint density at radius 2 is 1.68 bits per heavy atom. The number of rotatable bonds is 7. The summed E-state index contributed by atoms with van der Waals surface area (Å²) in [7, 11) is 1.27. The zero-order valence-corrected chi connectivity index (χ0v) is 16.5. The van der Waals surface area contributed by atoms with Crippen molar-refractivity contribution < 1.29 is 33.6 Å². The molecule has 10 heteroatoms. The number of nitro benzene ring substituents is 1. The number of amides is 1. The molecule has 31 heavy (non-hydrogen) atoms. The number of hydrogen-bond acceptors (Lipinski definition) is 8. The number of non-ortho nitro benzene ring substituents is 1. The second-order valence-corrected chi connectivity index (χ2v) is 6.78. The maximum absolute atomic E-state index is 12.3. The number of ketones is 1. The minimum Gasteiger partial charge on any atom is -0.465 e. The van der Waals surface area contributed by atoms with Gasteiger partial charge in [0.2, 0.25) is 5.91 Å². The Balaban J connectivity index is 1.56. The van der Waals surface area contributed by atoms with Crippen molar-refractivity contribution >= 4 is 35.0 Å². The number of nitro groups is 1. The quantitative estimate of drug-likeness (QED) is 0.285. The van der Waals surface area contributed by atoms with E-state index >= 15 is 0 Å². The third-order valence-corrected chi connectivity index (χ3v) is 4.80. The van der Waals surface area contributed by atoms with Gasteiger partial charge in [0.25, 0.3) is 5.69 Å². The molecule has 0 spiro atoms. The van der Waals surface area contributed by atoms with Crippen molar-refractivity contribution in [3.05, 3.63) is 69.8 Å². The van der Waals surface area contributed by atoms with E-state index < -0.39 is 35.2 Å². The molecule has 0 radical (unpaired) electrons. The molecular weight excluding hydrogens is 408 g/mol. The molecule has 1 fully saturated rings. The van der Waals surface area contributed by atoms with Crippen molar-refractivity contribution in [2.45, 2.75) is 6.42 Å². The minimum absolute atomic E-state index is 0.0662. The Hall–Kier alpha value is -4.08. The average Bonchev–Trinajstić information content (AvgIpc) is 3.18. The van der Waals surface area contributed by atoms with Crippen LogP contribution in [0, 0.1) is 16.0 Å². The molecule has 1 atom stereocenters. The van der Waals surface area contributed by atoms with E-state index in [2.05, 4.69) is 4.74 Å². The van der Waals surface area contributed by atoms with E-state index in [-0.39, 0.29) is 30.1 Å².